The number of nitrogens with zero attached hydrogens (tertiary/aromatic N) is 1. The number of aromatic amines is 2. The van der Waals surface area contributed by atoms with Gasteiger partial charge in [0.15, 0.2) is 12.4 Å². The van der Waals surface area contributed by atoms with Crippen molar-refractivity contribution < 1.29 is 14.9 Å². The highest BCUT2D eigenvalue weighted by atomic mass is 15.0. The van der Waals surface area contributed by atoms with Gasteiger partial charge in [0, 0.05) is 30.1 Å². The molecule has 0 aliphatic carbocycles. The van der Waals surface area contributed by atoms with Crippen LogP contribution in [0.5, 0.6) is 0 Å². The fourth-order valence-corrected chi connectivity index (χ4v) is 4.03. The van der Waals surface area contributed by atoms with Gasteiger partial charge in [0.2, 0.25) is 11.0 Å². The highest BCUT2D eigenvalue weighted by molar-refractivity contribution is 6.12. The van der Waals surface area contributed by atoms with E-state index in [4.69, 9.17) is 0 Å². The van der Waals surface area contributed by atoms with E-state index in [1.165, 1.54) is 38.1 Å². The Morgan fingerprint density at radius 3 is 2.92 bits per heavy atom. The maximum Gasteiger partial charge on any atom is 0.225 e. The Balaban J connectivity index is 1.84. The van der Waals surface area contributed by atoms with Crippen LogP contribution in [0.25, 0.3) is 32.6 Å². The molecule has 0 aliphatic rings. The van der Waals surface area contributed by atoms with Crippen LogP contribution in [0.4, 0.5) is 5.82 Å². The molecule has 0 bridgehead atoms. The molecule has 0 aliphatic heterocycles. The molecule has 26 heavy (non-hydrogen) atoms. The largest absolute Gasteiger partial charge is 0.371 e. The molecule has 5 N–H and O–H groups in total. The molecule has 0 amide bonds. The van der Waals surface area contributed by atoms with E-state index in [1.807, 2.05) is 12.4 Å². The second-order valence-electron chi connectivity index (χ2n) is 6.98. The normalized spacial score (nSPS) is 11.7. The summed E-state index contributed by atoms with van der Waals surface area (Å²) in [4.78, 5) is 6.65. The van der Waals surface area contributed by atoms with Crippen LogP contribution in [0, 0.1) is 6.92 Å². The van der Waals surface area contributed by atoms with Crippen LogP contribution in [0.2, 0.25) is 0 Å². The lowest BCUT2D eigenvalue weighted by Gasteiger charge is -2.11. The van der Waals surface area contributed by atoms with Gasteiger partial charge in [-0.2, -0.15) is 4.57 Å². The fraction of sp³-hybridized carbons (Fsp3) is 0.333. The first-order valence-electron chi connectivity index (χ1n) is 9.50. The molecule has 3 heterocycles. The zero-order valence-electron chi connectivity index (χ0n) is 15.8. The predicted octanol–water partition coefficient (Wildman–Crippen LogP) is 1.81. The summed E-state index contributed by atoms with van der Waals surface area (Å²) in [5, 5.41) is 11.1. The minimum absolute atomic E-state index is 0.979. The van der Waals surface area contributed by atoms with Crippen LogP contribution >= 0.6 is 0 Å². The molecule has 0 fully saturated rings. The lowest BCUT2D eigenvalue weighted by molar-refractivity contribution is -0.651. The van der Waals surface area contributed by atoms with Crippen LogP contribution in [0.3, 0.4) is 0 Å². The zero-order chi connectivity index (χ0) is 18.1. The predicted molar refractivity (Wildman–Crippen MR) is 106 cm³/mol. The standard InChI is InChI=1S/C21H25N5/c1-4-22-8-5-9-24-21-17-12-16-18-13-23-10-7-19(18)26(3)20(16)14(2)15(17)6-11-25-21/h6-7,10-13,22H,4-5,8-9H2,1-3H3,(H,24,25)/p+3. The molecule has 0 saturated heterocycles. The van der Waals surface area contributed by atoms with E-state index in [0.29, 0.717) is 0 Å². The lowest BCUT2D eigenvalue weighted by Crippen LogP contribution is -2.83. The molecule has 4 aromatic rings. The number of aromatic nitrogens is 3. The Bertz CT molecular complexity index is 1080. The Labute approximate surface area is 153 Å². The summed E-state index contributed by atoms with van der Waals surface area (Å²) in [6, 6.07) is 6.66. The van der Waals surface area contributed by atoms with E-state index in [1.54, 1.807) is 0 Å². The number of aryl methyl sites for hydroxylation is 2. The van der Waals surface area contributed by atoms with Crippen LogP contribution in [-0.2, 0) is 7.05 Å². The van der Waals surface area contributed by atoms with Crippen molar-refractivity contribution in [3.05, 3.63) is 42.4 Å². The maximum absolute atomic E-state index is 3.60. The van der Waals surface area contributed by atoms with Crippen LogP contribution in [0.15, 0.2) is 36.8 Å². The Hall–Kier alpha value is -2.66. The molecule has 0 radical (unpaired) electrons. The summed E-state index contributed by atoms with van der Waals surface area (Å²) >= 11 is 0. The molecular weight excluding hydrogens is 322 g/mol. The van der Waals surface area contributed by atoms with Crippen molar-refractivity contribution in [3.63, 3.8) is 0 Å². The van der Waals surface area contributed by atoms with Crippen molar-refractivity contribution in [2.45, 2.75) is 20.3 Å². The number of rotatable bonds is 6. The SMILES string of the molecule is CC[NH2+]CCCNc1[nH]ccc2c(C)c3c(cc12)c1c[nH+]ccc1[n+]3C. The van der Waals surface area contributed by atoms with Crippen LogP contribution < -0.4 is 20.2 Å². The molecule has 5 nitrogen and oxygen atoms in total. The van der Waals surface area contributed by atoms with Gasteiger partial charge in [-0.1, -0.05) is 0 Å². The van der Waals surface area contributed by atoms with E-state index >= 15 is 0 Å². The fourth-order valence-electron chi connectivity index (χ4n) is 4.03. The molecule has 4 rings (SSSR count). The number of anilines is 1. The Kier molecular flexibility index (Phi) is 4.47. The summed E-state index contributed by atoms with van der Waals surface area (Å²) in [5.41, 5.74) is 3.89. The smallest absolute Gasteiger partial charge is 0.225 e. The Morgan fingerprint density at radius 2 is 2.08 bits per heavy atom. The quantitative estimate of drug-likeness (QED) is 0.360. The molecule has 134 valence electrons. The zero-order valence-corrected chi connectivity index (χ0v) is 15.8. The van der Waals surface area contributed by atoms with Gasteiger partial charge in [-0.15, -0.1) is 0 Å². The molecule has 3 aromatic heterocycles. The number of nitrogens with one attached hydrogen (secondary N) is 3. The first kappa shape index (κ1) is 16.8. The van der Waals surface area contributed by atoms with Crippen molar-refractivity contribution >= 4 is 38.4 Å². The van der Waals surface area contributed by atoms with Gasteiger partial charge in [-0.05, 0) is 31.4 Å². The number of fused-ring (bicyclic) bond motifs is 4. The van der Waals surface area contributed by atoms with E-state index in [9.17, 15) is 0 Å². The summed E-state index contributed by atoms with van der Waals surface area (Å²) in [7, 11) is 2.15. The third kappa shape index (κ3) is 2.69. The van der Waals surface area contributed by atoms with Crippen molar-refractivity contribution in [1.29, 1.82) is 0 Å². The molecular formula is C21H28N5+3. The molecule has 0 spiro atoms. The van der Waals surface area contributed by atoms with Crippen molar-refractivity contribution in [3.8, 4) is 0 Å². The van der Waals surface area contributed by atoms with E-state index in [-0.39, 0.29) is 0 Å². The molecule has 1 aromatic carbocycles. The second-order valence-corrected chi connectivity index (χ2v) is 6.98. The summed E-state index contributed by atoms with van der Waals surface area (Å²) in [6.07, 6.45) is 7.29. The van der Waals surface area contributed by atoms with Gasteiger partial charge in [0.05, 0.1) is 24.5 Å². The lowest BCUT2D eigenvalue weighted by atomic mass is 10.0. The summed E-state index contributed by atoms with van der Waals surface area (Å²) in [5.74, 6) is 1.11. The highest BCUT2D eigenvalue weighted by Gasteiger charge is 2.22. The number of hydrogen-bond donors (Lipinski definition) is 3. The number of quaternary nitrogens is 1. The summed E-state index contributed by atoms with van der Waals surface area (Å²) < 4.78 is 2.30. The molecule has 0 atom stereocenters. The Morgan fingerprint density at radius 1 is 1.19 bits per heavy atom. The minimum Gasteiger partial charge on any atom is -0.371 e. The van der Waals surface area contributed by atoms with Gasteiger partial charge < -0.3 is 15.6 Å². The topological polar surface area (TPSA) is 62.5 Å². The van der Waals surface area contributed by atoms with Gasteiger partial charge in [-0.25, -0.2) is 4.98 Å². The van der Waals surface area contributed by atoms with Gasteiger partial charge in [0.25, 0.3) is 0 Å². The molecule has 0 unspecified atom stereocenters. The monoisotopic (exact) mass is 350 g/mol. The maximum atomic E-state index is 3.60. The van der Waals surface area contributed by atoms with E-state index in [0.717, 1.165) is 31.9 Å². The van der Waals surface area contributed by atoms with Gasteiger partial charge >= 0.3 is 0 Å². The van der Waals surface area contributed by atoms with Gasteiger partial charge in [-0.3, -0.25) is 0 Å². The van der Waals surface area contributed by atoms with Crippen molar-refractivity contribution in [1.82, 2.24) is 4.98 Å². The number of hydrogen-bond acceptors (Lipinski definition) is 1. The molecule has 0 saturated carbocycles. The first-order chi connectivity index (χ1) is 12.7. The summed E-state index contributed by atoms with van der Waals surface area (Å²) in [6.45, 7) is 7.72. The highest BCUT2D eigenvalue weighted by Crippen LogP contribution is 2.33. The average Bonchev–Trinajstić information content (AvgIpc) is 2.95. The first-order valence-corrected chi connectivity index (χ1v) is 9.50. The average molecular weight is 350 g/mol. The molecule has 5 heteroatoms. The number of benzene rings is 1. The van der Waals surface area contributed by atoms with Crippen molar-refractivity contribution in [2.24, 2.45) is 7.05 Å². The number of pyridine rings is 2. The van der Waals surface area contributed by atoms with Gasteiger partial charge in [0.1, 0.15) is 18.3 Å². The van der Waals surface area contributed by atoms with E-state index in [2.05, 4.69) is 70.5 Å². The third-order valence-electron chi connectivity index (χ3n) is 5.34. The van der Waals surface area contributed by atoms with Crippen LogP contribution in [0.1, 0.15) is 18.9 Å². The third-order valence-corrected chi connectivity index (χ3v) is 5.34. The number of H-pyrrole nitrogens is 2. The second kappa shape index (κ2) is 6.92. The number of nitrogens with two attached hydrogens (primary N) is 1. The minimum atomic E-state index is 0.979. The van der Waals surface area contributed by atoms with Crippen molar-refractivity contribution in [2.75, 3.05) is 25.0 Å². The van der Waals surface area contributed by atoms with E-state index < -0.39 is 0 Å². The van der Waals surface area contributed by atoms with Crippen LogP contribution in [-0.4, -0.2) is 24.6 Å².